The van der Waals surface area contributed by atoms with Crippen molar-refractivity contribution in [3.05, 3.63) is 24.3 Å². The molecule has 0 spiro atoms. The SMILES string of the molecule is C/C=C/CCCCCCCCCC/C=C/CC(CC(=O)O)C(=O)O. The highest BCUT2D eigenvalue weighted by molar-refractivity contribution is 5.77. The molecular weight excluding hydrogens is 304 g/mol. The molecule has 0 heterocycles. The highest BCUT2D eigenvalue weighted by Gasteiger charge is 2.18. The Morgan fingerprint density at radius 2 is 1.29 bits per heavy atom. The second kappa shape index (κ2) is 16.3. The Balaban J connectivity index is 3.45. The summed E-state index contributed by atoms with van der Waals surface area (Å²) in [5, 5.41) is 17.6. The summed E-state index contributed by atoms with van der Waals surface area (Å²) < 4.78 is 0. The van der Waals surface area contributed by atoms with Gasteiger partial charge in [-0.05, 0) is 39.0 Å². The number of carbonyl (C=O) groups is 2. The fraction of sp³-hybridized carbons (Fsp3) is 0.700. The van der Waals surface area contributed by atoms with E-state index in [0.29, 0.717) is 6.42 Å². The summed E-state index contributed by atoms with van der Waals surface area (Å²) in [5.41, 5.74) is 0. The Bertz CT molecular complexity index is 385. The van der Waals surface area contributed by atoms with Crippen molar-refractivity contribution >= 4 is 11.9 Å². The van der Waals surface area contributed by atoms with Gasteiger partial charge in [-0.3, -0.25) is 9.59 Å². The number of allylic oxidation sites excluding steroid dienone is 4. The van der Waals surface area contributed by atoms with E-state index in [1.807, 2.05) is 12.2 Å². The van der Waals surface area contributed by atoms with Gasteiger partial charge < -0.3 is 10.2 Å². The van der Waals surface area contributed by atoms with E-state index in [4.69, 9.17) is 10.2 Å². The molecule has 0 aromatic heterocycles. The zero-order valence-electron chi connectivity index (χ0n) is 15.1. The number of carboxylic acids is 2. The first-order valence-corrected chi connectivity index (χ1v) is 9.28. The molecule has 0 bridgehead atoms. The number of aliphatic carboxylic acids is 2. The molecule has 0 amide bonds. The molecule has 1 unspecified atom stereocenters. The van der Waals surface area contributed by atoms with Crippen molar-refractivity contribution in [2.45, 2.75) is 84.0 Å². The third-order valence-electron chi connectivity index (χ3n) is 4.08. The van der Waals surface area contributed by atoms with Crippen LogP contribution < -0.4 is 0 Å². The molecule has 0 aromatic rings. The minimum absolute atomic E-state index is 0.300. The first kappa shape index (κ1) is 22.4. The van der Waals surface area contributed by atoms with Crippen molar-refractivity contribution in [1.29, 1.82) is 0 Å². The maximum Gasteiger partial charge on any atom is 0.307 e. The molecule has 0 aliphatic rings. The van der Waals surface area contributed by atoms with Crippen molar-refractivity contribution in [2.75, 3.05) is 0 Å². The Morgan fingerprint density at radius 1 is 0.792 bits per heavy atom. The summed E-state index contributed by atoms with van der Waals surface area (Å²) in [5.74, 6) is -2.91. The van der Waals surface area contributed by atoms with Crippen LogP contribution in [0.5, 0.6) is 0 Å². The van der Waals surface area contributed by atoms with Crippen LogP contribution in [0.15, 0.2) is 24.3 Å². The quantitative estimate of drug-likeness (QED) is 0.284. The van der Waals surface area contributed by atoms with Crippen LogP contribution in [0.3, 0.4) is 0 Å². The second-order valence-electron chi connectivity index (χ2n) is 6.31. The van der Waals surface area contributed by atoms with Crippen molar-refractivity contribution in [3.8, 4) is 0 Å². The Hall–Kier alpha value is -1.58. The van der Waals surface area contributed by atoms with E-state index in [0.717, 1.165) is 12.8 Å². The van der Waals surface area contributed by atoms with Gasteiger partial charge in [-0.15, -0.1) is 0 Å². The van der Waals surface area contributed by atoms with Crippen LogP contribution in [0.2, 0.25) is 0 Å². The van der Waals surface area contributed by atoms with E-state index in [1.165, 1.54) is 51.4 Å². The third kappa shape index (κ3) is 15.3. The number of carboxylic acid groups (broad SMARTS) is 2. The molecule has 0 saturated carbocycles. The molecule has 0 saturated heterocycles. The van der Waals surface area contributed by atoms with E-state index >= 15 is 0 Å². The predicted molar refractivity (Wildman–Crippen MR) is 98.1 cm³/mol. The van der Waals surface area contributed by atoms with Gasteiger partial charge in [-0.25, -0.2) is 0 Å². The number of hydrogen-bond donors (Lipinski definition) is 2. The molecule has 1 atom stereocenters. The van der Waals surface area contributed by atoms with Gasteiger partial charge in [0.1, 0.15) is 0 Å². The molecule has 138 valence electrons. The van der Waals surface area contributed by atoms with E-state index in [2.05, 4.69) is 19.1 Å². The lowest BCUT2D eigenvalue weighted by atomic mass is 10.0. The third-order valence-corrected chi connectivity index (χ3v) is 4.08. The Morgan fingerprint density at radius 3 is 1.75 bits per heavy atom. The van der Waals surface area contributed by atoms with Gasteiger partial charge in [0, 0.05) is 0 Å². The second-order valence-corrected chi connectivity index (χ2v) is 6.31. The normalized spacial score (nSPS) is 12.9. The molecular formula is C20H34O4. The van der Waals surface area contributed by atoms with Gasteiger partial charge in [-0.2, -0.15) is 0 Å². The average Bonchev–Trinajstić information content (AvgIpc) is 2.53. The zero-order valence-corrected chi connectivity index (χ0v) is 15.1. The Labute approximate surface area is 146 Å². The van der Waals surface area contributed by atoms with Crippen molar-refractivity contribution in [3.63, 3.8) is 0 Å². The lowest BCUT2D eigenvalue weighted by Gasteiger charge is -2.05. The van der Waals surface area contributed by atoms with E-state index < -0.39 is 17.9 Å². The number of hydrogen-bond acceptors (Lipinski definition) is 2. The molecule has 0 rings (SSSR count). The first-order chi connectivity index (χ1) is 11.6. The average molecular weight is 338 g/mol. The van der Waals surface area contributed by atoms with Gasteiger partial charge in [0.15, 0.2) is 0 Å². The van der Waals surface area contributed by atoms with Gasteiger partial charge in [0.05, 0.1) is 12.3 Å². The van der Waals surface area contributed by atoms with Crippen LogP contribution in [0.1, 0.15) is 84.0 Å². The fourth-order valence-corrected chi connectivity index (χ4v) is 2.61. The van der Waals surface area contributed by atoms with Gasteiger partial charge in [0.2, 0.25) is 0 Å². The van der Waals surface area contributed by atoms with Crippen LogP contribution >= 0.6 is 0 Å². The minimum Gasteiger partial charge on any atom is -0.481 e. The standard InChI is InChI=1S/C20H34O4/c1-2-3-4-5-6-7-8-9-10-11-12-13-14-15-16-18(20(23)24)17-19(21)22/h2-3,14-15,18H,4-13,16-17H2,1H3,(H,21,22)(H,23,24)/b3-2+,15-14+. The molecule has 4 nitrogen and oxygen atoms in total. The highest BCUT2D eigenvalue weighted by atomic mass is 16.4. The maximum absolute atomic E-state index is 10.9. The summed E-state index contributed by atoms with van der Waals surface area (Å²) in [7, 11) is 0. The van der Waals surface area contributed by atoms with Crippen LogP contribution in [0, 0.1) is 5.92 Å². The molecule has 0 aliphatic carbocycles. The van der Waals surface area contributed by atoms with Crippen LogP contribution in [-0.4, -0.2) is 22.2 Å². The van der Waals surface area contributed by atoms with E-state index in [-0.39, 0.29) is 6.42 Å². The van der Waals surface area contributed by atoms with Crippen molar-refractivity contribution < 1.29 is 19.8 Å². The molecule has 0 fully saturated rings. The molecule has 2 N–H and O–H groups in total. The molecule has 4 heteroatoms. The lowest BCUT2D eigenvalue weighted by Crippen LogP contribution is -2.16. The highest BCUT2D eigenvalue weighted by Crippen LogP contribution is 2.13. The molecule has 0 radical (unpaired) electrons. The largest absolute Gasteiger partial charge is 0.481 e. The molecule has 24 heavy (non-hydrogen) atoms. The van der Waals surface area contributed by atoms with Gasteiger partial charge >= 0.3 is 11.9 Å². The van der Waals surface area contributed by atoms with Crippen LogP contribution in [-0.2, 0) is 9.59 Å². The topological polar surface area (TPSA) is 74.6 Å². The monoisotopic (exact) mass is 338 g/mol. The van der Waals surface area contributed by atoms with Crippen LogP contribution in [0.4, 0.5) is 0 Å². The summed E-state index contributed by atoms with van der Waals surface area (Å²) in [6.45, 7) is 2.07. The fourth-order valence-electron chi connectivity index (χ4n) is 2.61. The number of unbranched alkanes of at least 4 members (excludes halogenated alkanes) is 9. The predicted octanol–water partition coefficient (Wildman–Crippen LogP) is 5.59. The molecule has 0 aromatic carbocycles. The lowest BCUT2D eigenvalue weighted by molar-refractivity contribution is -0.148. The van der Waals surface area contributed by atoms with Crippen molar-refractivity contribution in [1.82, 2.24) is 0 Å². The smallest absolute Gasteiger partial charge is 0.307 e. The summed E-state index contributed by atoms with van der Waals surface area (Å²) in [6, 6.07) is 0. The van der Waals surface area contributed by atoms with Crippen molar-refractivity contribution in [2.24, 2.45) is 5.92 Å². The first-order valence-electron chi connectivity index (χ1n) is 9.28. The maximum atomic E-state index is 10.9. The summed E-state index contributed by atoms with van der Waals surface area (Å²) in [4.78, 5) is 21.5. The summed E-state index contributed by atoms with van der Waals surface area (Å²) in [6.07, 6.45) is 20.5. The van der Waals surface area contributed by atoms with E-state index in [9.17, 15) is 9.59 Å². The Kier molecular flexibility index (Phi) is 15.2. The summed E-state index contributed by atoms with van der Waals surface area (Å²) >= 11 is 0. The van der Waals surface area contributed by atoms with Gasteiger partial charge in [-0.1, -0.05) is 62.8 Å². The van der Waals surface area contributed by atoms with Crippen LogP contribution in [0.25, 0.3) is 0 Å². The van der Waals surface area contributed by atoms with Gasteiger partial charge in [0.25, 0.3) is 0 Å². The number of rotatable bonds is 16. The minimum atomic E-state index is -1.06. The molecule has 0 aliphatic heterocycles. The van der Waals surface area contributed by atoms with E-state index in [1.54, 1.807) is 0 Å². The zero-order chi connectivity index (χ0) is 18.0.